The van der Waals surface area contributed by atoms with E-state index in [0.29, 0.717) is 12.4 Å². The Bertz CT molecular complexity index is 621. The van der Waals surface area contributed by atoms with Crippen molar-refractivity contribution in [3.63, 3.8) is 0 Å². The molecule has 2 N–H and O–H groups in total. The van der Waals surface area contributed by atoms with Gasteiger partial charge in [-0.2, -0.15) is 5.10 Å². The van der Waals surface area contributed by atoms with Gasteiger partial charge in [-0.15, -0.1) is 0 Å². The van der Waals surface area contributed by atoms with E-state index in [9.17, 15) is 4.79 Å². The van der Waals surface area contributed by atoms with E-state index in [1.54, 1.807) is 6.92 Å². The minimum Gasteiger partial charge on any atom is -0.460 e. The van der Waals surface area contributed by atoms with E-state index < -0.39 is 5.97 Å². The fourth-order valence-electron chi connectivity index (χ4n) is 2.12. The van der Waals surface area contributed by atoms with Crippen molar-refractivity contribution < 1.29 is 9.53 Å². The van der Waals surface area contributed by atoms with Crippen LogP contribution < -0.4 is 5.32 Å². The van der Waals surface area contributed by atoms with E-state index in [4.69, 9.17) is 4.74 Å². The molecule has 98 valence electrons. The molecule has 1 aliphatic heterocycles. The number of ether oxygens (including phenoxy) is 1. The van der Waals surface area contributed by atoms with Crippen molar-refractivity contribution in [2.75, 3.05) is 6.61 Å². The fraction of sp³-hybridized carbons (Fsp3) is 0.308. The monoisotopic (exact) mass is 258 g/mol. The largest absolute Gasteiger partial charge is 0.460 e. The molecule has 6 nitrogen and oxygen atoms in total. The van der Waals surface area contributed by atoms with Crippen LogP contribution in [0.3, 0.4) is 0 Å². The van der Waals surface area contributed by atoms with Crippen LogP contribution in [0.2, 0.25) is 0 Å². The van der Waals surface area contributed by atoms with Gasteiger partial charge in [0.15, 0.2) is 5.82 Å². The second kappa shape index (κ2) is 4.81. The molecule has 2 heterocycles. The maximum absolute atomic E-state index is 11.5. The molecule has 1 aromatic heterocycles. The Kier molecular flexibility index (Phi) is 3.00. The van der Waals surface area contributed by atoms with E-state index in [1.165, 1.54) is 11.1 Å². The lowest BCUT2D eigenvalue weighted by molar-refractivity contribution is 0.0512. The highest BCUT2D eigenvalue weighted by Crippen LogP contribution is 2.22. The molecule has 0 fully saturated rings. The number of aromatic nitrogens is 3. The van der Waals surface area contributed by atoms with Gasteiger partial charge in [0, 0.05) is 18.7 Å². The normalized spacial score (nSPS) is 13.3. The molecule has 19 heavy (non-hydrogen) atoms. The molecule has 0 unspecified atom stereocenters. The summed E-state index contributed by atoms with van der Waals surface area (Å²) in [4.78, 5) is 15.7. The summed E-state index contributed by atoms with van der Waals surface area (Å²) in [6.45, 7) is 3.83. The van der Waals surface area contributed by atoms with Crippen LogP contribution in [0.1, 0.15) is 28.7 Å². The van der Waals surface area contributed by atoms with Gasteiger partial charge >= 0.3 is 5.97 Å². The molecule has 1 aliphatic rings. The summed E-state index contributed by atoms with van der Waals surface area (Å²) in [6, 6.07) is 6.07. The molecule has 0 aliphatic carbocycles. The van der Waals surface area contributed by atoms with E-state index in [1.807, 2.05) is 12.1 Å². The zero-order chi connectivity index (χ0) is 13.2. The summed E-state index contributed by atoms with van der Waals surface area (Å²) >= 11 is 0. The molecular formula is C13H14N4O2. The SMILES string of the molecule is CCOC(=O)c1nc(-c2ccc3c(c2)CNC3)n[nH]1. The number of carbonyl (C=O) groups is 1. The molecule has 0 saturated carbocycles. The molecule has 0 radical (unpaired) electrons. The Labute approximate surface area is 110 Å². The molecule has 1 aromatic carbocycles. The zero-order valence-electron chi connectivity index (χ0n) is 10.6. The first-order valence-electron chi connectivity index (χ1n) is 6.20. The van der Waals surface area contributed by atoms with Crippen LogP contribution in [-0.4, -0.2) is 27.8 Å². The Balaban J connectivity index is 1.88. The second-order valence-corrected chi connectivity index (χ2v) is 4.32. The van der Waals surface area contributed by atoms with E-state index in [-0.39, 0.29) is 5.82 Å². The van der Waals surface area contributed by atoms with Crippen LogP contribution >= 0.6 is 0 Å². The number of esters is 1. The third-order valence-corrected chi connectivity index (χ3v) is 3.05. The predicted octanol–water partition coefficient (Wildman–Crippen LogP) is 1.25. The topological polar surface area (TPSA) is 79.9 Å². The van der Waals surface area contributed by atoms with Gasteiger partial charge in [0.25, 0.3) is 0 Å². The minimum absolute atomic E-state index is 0.135. The molecular weight excluding hydrogens is 244 g/mol. The number of rotatable bonds is 3. The van der Waals surface area contributed by atoms with Gasteiger partial charge in [-0.25, -0.2) is 9.78 Å². The van der Waals surface area contributed by atoms with Crippen molar-refractivity contribution in [1.29, 1.82) is 0 Å². The summed E-state index contributed by atoms with van der Waals surface area (Å²) in [6.07, 6.45) is 0. The number of fused-ring (bicyclic) bond motifs is 1. The van der Waals surface area contributed by atoms with Gasteiger partial charge in [-0.05, 0) is 24.1 Å². The molecule has 3 rings (SSSR count). The summed E-state index contributed by atoms with van der Waals surface area (Å²) in [7, 11) is 0. The molecule has 2 aromatic rings. The summed E-state index contributed by atoms with van der Waals surface area (Å²) < 4.78 is 4.87. The minimum atomic E-state index is -0.482. The van der Waals surface area contributed by atoms with Crippen LogP contribution in [0.4, 0.5) is 0 Å². The van der Waals surface area contributed by atoms with Gasteiger partial charge < -0.3 is 10.1 Å². The Morgan fingerprint density at radius 2 is 2.21 bits per heavy atom. The number of aromatic amines is 1. The van der Waals surface area contributed by atoms with Crippen molar-refractivity contribution in [2.45, 2.75) is 20.0 Å². The number of nitrogens with one attached hydrogen (secondary N) is 2. The summed E-state index contributed by atoms with van der Waals surface area (Å²) in [5.74, 6) is 0.164. The van der Waals surface area contributed by atoms with Gasteiger partial charge in [-0.1, -0.05) is 12.1 Å². The van der Waals surface area contributed by atoms with Crippen LogP contribution in [-0.2, 0) is 17.8 Å². The first kappa shape index (κ1) is 11.9. The number of nitrogens with zero attached hydrogens (tertiary/aromatic N) is 2. The lowest BCUT2D eigenvalue weighted by Crippen LogP contribution is -2.06. The number of H-pyrrole nitrogens is 1. The average Bonchev–Trinajstić information content (AvgIpc) is 3.07. The average molecular weight is 258 g/mol. The highest BCUT2D eigenvalue weighted by atomic mass is 16.5. The van der Waals surface area contributed by atoms with E-state index in [2.05, 4.69) is 26.6 Å². The van der Waals surface area contributed by atoms with Crippen molar-refractivity contribution in [1.82, 2.24) is 20.5 Å². The molecule has 0 amide bonds. The first-order chi connectivity index (χ1) is 9.28. The molecule has 6 heteroatoms. The Morgan fingerprint density at radius 1 is 1.37 bits per heavy atom. The Hall–Kier alpha value is -2.21. The summed E-state index contributed by atoms with van der Waals surface area (Å²) in [5.41, 5.74) is 3.44. The van der Waals surface area contributed by atoms with Crippen LogP contribution in [0.15, 0.2) is 18.2 Å². The maximum atomic E-state index is 11.5. The number of hydrogen-bond acceptors (Lipinski definition) is 5. The number of benzene rings is 1. The highest BCUT2D eigenvalue weighted by Gasteiger charge is 2.16. The Morgan fingerprint density at radius 3 is 3.05 bits per heavy atom. The van der Waals surface area contributed by atoms with Crippen molar-refractivity contribution in [2.24, 2.45) is 0 Å². The van der Waals surface area contributed by atoms with Gasteiger partial charge in [0.1, 0.15) is 0 Å². The van der Waals surface area contributed by atoms with Crippen molar-refractivity contribution in [3.8, 4) is 11.4 Å². The number of hydrogen-bond donors (Lipinski definition) is 2. The predicted molar refractivity (Wildman–Crippen MR) is 68.3 cm³/mol. The lowest BCUT2D eigenvalue weighted by atomic mass is 10.1. The van der Waals surface area contributed by atoms with Crippen molar-refractivity contribution in [3.05, 3.63) is 35.2 Å². The second-order valence-electron chi connectivity index (χ2n) is 4.32. The standard InChI is InChI=1S/C13H14N4O2/c1-2-19-13(18)12-15-11(16-17-12)8-3-4-9-6-14-7-10(9)5-8/h3-5,14H,2,6-7H2,1H3,(H,15,16,17). The van der Waals surface area contributed by atoms with Gasteiger partial charge in [0.2, 0.25) is 5.82 Å². The van der Waals surface area contributed by atoms with Crippen LogP contribution in [0.5, 0.6) is 0 Å². The van der Waals surface area contributed by atoms with Gasteiger partial charge in [-0.3, -0.25) is 5.10 Å². The fourth-order valence-corrected chi connectivity index (χ4v) is 2.12. The summed E-state index contributed by atoms with van der Waals surface area (Å²) in [5, 5.41) is 9.95. The quantitative estimate of drug-likeness (QED) is 0.810. The van der Waals surface area contributed by atoms with E-state index >= 15 is 0 Å². The van der Waals surface area contributed by atoms with Gasteiger partial charge in [0.05, 0.1) is 6.61 Å². The van der Waals surface area contributed by atoms with Crippen LogP contribution in [0.25, 0.3) is 11.4 Å². The first-order valence-corrected chi connectivity index (χ1v) is 6.20. The van der Waals surface area contributed by atoms with Crippen molar-refractivity contribution >= 4 is 5.97 Å². The van der Waals surface area contributed by atoms with E-state index in [0.717, 1.165) is 18.7 Å². The molecule has 0 bridgehead atoms. The third kappa shape index (κ3) is 2.22. The van der Waals surface area contributed by atoms with Crippen LogP contribution in [0, 0.1) is 0 Å². The smallest absolute Gasteiger partial charge is 0.375 e. The molecule has 0 atom stereocenters. The third-order valence-electron chi connectivity index (χ3n) is 3.05. The maximum Gasteiger partial charge on any atom is 0.375 e. The number of carbonyl (C=O) groups excluding carboxylic acids is 1. The highest BCUT2D eigenvalue weighted by molar-refractivity contribution is 5.85. The molecule has 0 spiro atoms. The lowest BCUT2D eigenvalue weighted by Gasteiger charge is -2.00. The zero-order valence-corrected chi connectivity index (χ0v) is 10.6. The molecule has 0 saturated heterocycles.